The van der Waals surface area contributed by atoms with Crippen LogP contribution < -0.4 is 0 Å². The summed E-state index contributed by atoms with van der Waals surface area (Å²) in [4.78, 5) is 33.6. The van der Waals surface area contributed by atoms with E-state index in [0.29, 0.717) is 38.9 Å². The molecular weight excluding hydrogens is 272 g/mol. The van der Waals surface area contributed by atoms with Gasteiger partial charge in [0.05, 0.1) is 13.2 Å². The number of unbranched alkanes of at least 4 members (excludes halogenated alkanes) is 1. The molecule has 5 heteroatoms. The second-order valence-electron chi connectivity index (χ2n) is 5.06. The third-order valence-electron chi connectivity index (χ3n) is 2.94. The maximum absolute atomic E-state index is 11.7. The van der Waals surface area contributed by atoms with E-state index in [4.69, 9.17) is 9.47 Å². The number of ketones is 1. The van der Waals surface area contributed by atoms with Gasteiger partial charge in [-0.3, -0.25) is 4.79 Å². The minimum atomic E-state index is -0.446. The lowest BCUT2D eigenvalue weighted by atomic mass is 9.94. The van der Waals surface area contributed by atoms with Gasteiger partial charge in [-0.1, -0.05) is 19.9 Å². The fourth-order valence-corrected chi connectivity index (χ4v) is 2.01. The molecule has 1 unspecified atom stereocenters. The van der Waals surface area contributed by atoms with Gasteiger partial charge in [0.15, 0.2) is 0 Å². The van der Waals surface area contributed by atoms with Crippen LogP contribution in [0.4, 0.5) is 0 Å². The monoisotopic (exact) mass is 298 g/mol. The highest BCUT2D eigenvalue weighted by Gasteiger charge is 2.16. The average molecular weight is 298 g/mol. The molecule has 120 valence electrons. The highest BCUT2D eigenvalue weighted by atomic mass is 16.5. The van der Waals surface area contributed by atoms with E-state index in [1.807, 2.05) is 6.92 Å². The molecule has 0 aromatic carbocycles. The molecule has 0 saturated carbocycles. The van der Waals surface area contributed by atoms with Crippen molar-refractivity contribution in [1.29, 1.82) is 0 Å². The van der Waals surface area contributed by atoms with Gasteiger partial charge in [0.25, 0.3) is 0 Å². The second kappa shape index (κ2) is 12.1. The van der Waals surface area contributed by atoms with Gasteiger partial charge in [0.1, 0.15) is 5.78 Å². The summed E-state index contributed by atoms with van der Waals surface area (Å²) in [7, 11) is 0. The Labute approximate surface area is 126 Å². The number of ether oxygens (including phenoxy) is 2. The number of carbonyl (C=O) groups is 3. The summed E-state index contributed by atoms with van der Waals surface area (Å²) < 4.78 is 9.93. The Morgan fingerprint density at radius 2 is 1.71 bits per heavy atom. The van der Waals surface area contributed by atoms with Crippen LogP contribution in [-0.2, 0) is 23.9 Å². The summed E-state index contributed by atoms with van der Waals surface area (Å²) in [6.07, 6.45) is 4.91. The van der Waals surface area contributed by atoms with Crippen molar-refractivity contribution in [3.8, 4) is 0 Å². The zero-order valence-corrected chi connectivity index (χ0v) is 13.1. The van der Waals surface area contributed by atoms with Gasteiger partial charge in [-0.25, -0.2) is 4.79 Å². The third kappa shape index (κ3) is 11.8. The molecule has 1 atom stereocenters. The van der Waals surface area contributed by atoms with Crippen LogP contribution in [0.2, 0.25) is 0 Å². The molecule has 0 spiro atoms. The van der Waals surface area contributed by atoms with Crippen molar-refractivity contribution < 1.29 is 23.9 Å². The molecule has 0 saturated heterocycles. The molecular formula is C16H26O5. The first-order valence-electron chi connectivity index (χ1n) is 7.43. The Bertz CT molecular complexity index is 349. The summed E-state index contributed by atoms with van der Waals surface area (Å²) in [5.74, 6) is -0.532. The Kier molecular flexibility index (Phi) is 11.2. The predicted octanol–water partition coefficient (Wildman–Crippen LogP) is 2.82. The van der Waals surface area contributed by atoms with Crippen LogP contribution in [0.5, 0.6) is 0 Å². The SMILES string of the molecule is C=CC(=O)OCCCCOC(=O)CC(CCC)CC(C)=O. The van der Waals surface area contributed by atoms with Crippen LogP contribution in [0.25, 0.3) is 0 Å². The van der Waals surface area contributed by atoms with Crippen LogP contribution >= 0.6 is 0 Å². The molecule has 0 aliphatic heterocycles. The van der Waals surface area contributed by atoms with Crippen LogP contribution in [0, 0.1) is 5.92 Å². The Morgan fingerprint density at radius 1 is 1.10 bits per heavy atom. The number of carbonyl (C=O) groups excluding carboxylic acids is 3. The Morgan fingerprint density at radius 3 is 2.24 bits per heavy atom. The molecule has 0 radical (unpaired) electrons. The van der Waals surface area contributed by atoms with Crippen molar-refractivity contribution in [1.82, 2.24) is 0 Å². The minimum Gasteiger partial charge on any atom is -0.466 e. The summed E-state index contributed by atoms with van der Waals surface area (Å²) in [5.41, 5.74) is 0. The van der Waals surface area contributed by atoms with Crippen molar-refractivity contribution in [3.05, 3.63) is 12.7 Å². The number of hydrogen-bond acceptors (Lipinski definition) is 5. The van der Waals surface area contributed by atoms with Gasteiger partial charge in [-0.05, 0) is 32.1 Å². The average Bonchev–Trinajstić information content (AvgIpc) is 2.41. The summed E-state index contributed by atoms with van der Waals surface area (Å²) in [6.45, 7) is 7.47. The van der Waals surface area contributed by atoms with Crippen molar-refractivity contribution in [3.63, 3.8) is 0 Å². The van der Waals surface area contributed by atoms with E-state index < -0.39 is 5.97 Å². The van der Waals surface area contributed by atoms with Crippen molar-refractivity contribution in [2.45, 2.75) is 52.4 Å². The fraction of sp³-hybridized carbons (Fsp3) is 0.688. The van der Waals surface area contributed by atoms with Gasteiger partial charge in [0.2, 0.25) is 0 Å². The molecule has 5 nitrogen and oxygen atoms in total. The summed E-state index contributed by atoms with van der Waals surface area (Å²) >= 11 is 0. The van der Waals surface area contributed by atoms with E-state index in [-0.39, 0.29) is 17.7 Å². The molecule has 0 aliphatic carbocycles. The highest BCUT2D eigenvalue weighted by Crippen LogP contribution is 2.17. The maximum atomic E-state index is 11.7. The van der Waals surface area contributed by atoms with E-state index >= 15 is 0 Å². The highest BCUT2D eigenvalue weighted by molar-refractivity contribution is 5.81. The van der Waals surface area contributed by atoms with Gasteiger partial charge >= 0.3 is 11.9 Å². The lowest BCUT2D eigenvalue weighted by Crippen LogP contribution is -2.15. The number of hydrogen-bond donors (Lipinski definition) is 0. The lowest BCUT2D eigenvalue weighted by molar-refractivity contribution is -0.145. The molecule has 0 bridgehead atoms. The van der Waals surface area contributed by atoms with Gasteiger partial charge < -0.3 is 14.3 Å². The van der Waals surface area contributed by atoms with E-state index in [1.165, 1.54) is 0 Å². The molecule has 0 fully saturated rings. The predicted molar refractivity (Wildman–Crippen MR) is 79.7 cm³/mol. The van der Waals surface area contributed by atoms with E-state index in [2.05, 4.69) is 6.58 Å². The molecule has 21 heavy (non-hydrogen) atoms. The number of esters is 2. The van der Waals surface area contributed by atoms with Crippen molar-refractivity contribution >= 4 is 17.7 Å². The zero-order valence-electron chi connectivity index (χ0n) is 13.1. The largest absolute Gasteiger partial charge is 0.466 e. The molecule has 0 rings (SSSR count). The molecule has 0 aliphatic rings. The van der Waals surface area contributed by atoms with Crippen LogP contribution in [0.3, 0.4) is 0 Å². The molecule has 0 aromatic heterocycles. The van der Waals surface area contributed by atoms with Crippen molar-refractivity contribution in [2.24, 2.45) is 5.92 Å². The van der Waals surface area contributed by atoms with E-state index in [0.717, 1.165) is 18.9 Å². The second-order valence-corrected chi connectivity index (χ2v) is 5.06. The Hall–Kier alpha value is -1.65. The van der Waals surface area contributed by atoms with Gasteiger partial charge in [-0.15, -0.1) is 0 Å². The molecule has 0 heterocycles. The lowest BCUT2D eigenvalue weighted by Gasteiger charge is -2.13. The van der Waals surface area contributed by atoms with Crippen LogP contribution in [-0.4, -0.2) is 30.9 Å². The maximum Gasteiger partial charge on any atom is 0.330 e. The van der Waals surface area contributed by atoms with E-state index in [9.17, 15) is 14.4 Å². The zero-order chi connectivity index (χ0) is 16.1. The number of rotatable bonds is 12. The van der Waals surface area contributed by atoms with Crippen LogP contribution in [0.1, 0.15) is 52.4 Å². The van der Waals surface area contributed by atoms with Gasteiger partial charge in [-0.2, -0.15) is 0 Å². The van der Waals surface area contributed by atoms with Gasteiger partial charge in [0, 0.05) is 18.9 Å². The summed E-state index contributed by atoms with van der Waals surface area (Å²) in [5, 5.41) is 0. The Balaban J connectivity index is 3.74. The first-order valence-corrected chi connectivity index (χ1v) is 7.43. The first kappa shape index (κ1) is 19.4. The standard InChI is InChI=1S/C16H26O5/c1-4-8-14(11-13(3)17)12-16(19)21-10-7-6-9-20-15(18)5-2/h5,14H,2,4,6-12H2,1,3H3. The van der Waals surface area contributed by atoms with Crippen molar-refractivity contribution in [2.75, 3.05) is 13.2 Å². The fourth-order valence-electron chi connectivity index (χ4n) is 2.01. The normalized spacial score (nSPS) is 11.5. The first-order chi connectivity index (χ1) is 9.99. The molecule has 0 aromatic rings. The van der Waals surface area contributed by atoms with Crippen LogP contribution in [0.15, 0.2) is 12.7 Å². The molecule has 0 amide bonds. The van der Waals surface area contributed by atoms with E-state index in [1.54, 1.807) is 6.92 Å². The smallest absolute Gasteiger partial charge is 0.330 e. The third-order valence-corrected chi connectivity index (χ3v) is 2.94. The summed E-state index contributed by atoms with van der Waals surface area (Å²) in [6, 6.07) is 0. The topological polar surface area (TPSA) is 69.7 Å². The molecule has 0 N–H and O–H groups in total. The quantitative estimate of drug-likeness (QED) is 0.315. The minimum absolute atomic E-state index is 0.0774. The number of Topliss-reactive ketones (excluding diaryl/α,β-unsaturated/α-hetero) is 1.